The van der Waals surface area contributed by atoms with Crippen molar-refractivity contribution >= 4 is 28.9 Å². The number of carbonyl (C=O) groups is 1. The van der Waals surface area contributed by atoms with Crippen LogP contribution in [0.1, 0.15) is 24.3 Å². The van der Waals surface area contributed by atoms with Gasteiger partial charge in [-0.25, -0.2) is 0 Å². The van der Waals surface area contributed by atoms with E-state index in [1.165, 1.54) is 6.08 Å². The molecule has 3 rings (SSSR count). The number of amidine groups is 1. The van der Waals surface area contributed by atoms with Gasteiger partial charge < -0.3 is 4.42 Å². The fourth-order valence-electron chi connectivity index (χ4n) is 2.31. The Morgan fingerprint density at radius 2 is 2.13 bits per heavy atom. The summed E-state index contributed by atoms with van der Waals surface area (Å²) in [6.07, 6.45) is 4.81. The first-order chi connectivity index (χ1) is 11.2. The molecule has 118 valence electrons. The van der Waals surface area contributed by atoms with Gasteiger partial charge in [0.05, 0.1) is 12.3 Å². The highest BCUT2D eigenvalue weighted by molar-refractivity contribution is 8.14. The Morgan fingerprint density at radius 3 is 2.87 bits per heavy atom. The van der Waals surface area contributed by atoms with Crippen molar-refractivity contribution in [2.45, 2.75) is 13.0 Å². The molecule has 1 saturated heterocycles. The lowest BCUT2D eigenvalue weighted by atomic mass is 10.1. The van der Waals surface area contributed by atoms with E-state index >= 15 is 0 Å². The average Bonchev–Trinajstić information content (AvgIpc) is 3.25. The highest BCUT2D eigenvalue weighted by Gasteiger charge is 2.24. The minimum Gasteiger partial charge on any atom is -0.465 e. The summed E-state index contributed by atoms with van der Waals surface area (Å²) in [7, 11) is 0. The SMILES string of the molecule is CC(N=C1SCCN1C(=O)C=Cc1ccco1)c1ccccc1. The number of furan rings is 1. The summed E-state index contributed by atoms with van der Waals surface area (Å²) in [6.45, 7) is 2.73. The van der Waals surface area contributed by atoms with Crippen LogP contribution in [0.3, 0.4) is 0 Å². The van der Waals surface area contributed by atoms with Gasteiger partial charge in [0.1, 0.15) is 5.76 Å². The van der Waals surface area contributed by atoms with Gasteiger partial charge in [-0.1, -0.05) is 42.1 Å². The van der Waals surface area contributed by atoms with Crippen molar-refractivity contribution in [1.82, 2.24) is 4.90 Å². The van der Waals surface area contributed by atoms with Crippen LogP contribution in [0.5, 0.6) is 0 Å². The summed E-state index contributed by atoms with van der Waals surface area (Å²) in [6, 6.07) is 13.7. The Bertz CT molecular complexity index is 708. The van der Waals surface area contributed by atoms with Crippen LogP contribution in [0.15, 0.2) is 64.2 Å². The molecule has 2 heterocycles. The molecule has 2 aromatic rings. The second kappa shape index (κ2) is 7.33. The van der Waals surface area contributed by atoms with Crippen molar-refractivity contribution in [2.75, 3.05) is 12.3 Å². The predicted molar refractivity (Wildman–Crippen MR) is 94.2 cm³/mol. The molecule has 0 aliphatic carbocycles. The number of amides is 1. The largest absolute Gasteiger partial charge is 0.465 e. The number of thioether (sulfide) groups is 1. The topological polar surface area (TPSA) is 45.8 Å². The number of hydrogen-bond acceptors (Lipinski definition) is 4. The maximum atomic E-state index is 12.4. The number of hydrogen-bond donors (Lipinski definition) is 0. The standard InChI is InChI=1S/C18H18N2O2S/c1-14(15-6-3-2-4-7-15)19-18-20(11-13-23-18)17(21)10-9-16-8-5-12-22-16/h2-10,12,14H,11,13H2,1H3. The van der Waals surface area contributed by atoms with Gasteiger partial charge in [0, 0.05) is 18.4 Å². The molecule has 1 aliphatic heterocycles. The molecule has 0 bridgehead atoms. The van der Waals surface area contributed by atoms with E-state index in [1.807, 2.05) is 31.2 Å². The second-order valence-corrected chi connectivity index (χ2v) is 6.25. The van der Waals surface area contributed by atoms with Gasteiger partial charge in [-0.15, -0.1) is 0 Å². The van der Waals surface area contributed by atoms with Gasteiger partial charge in [-0.05, 0) is 30.7 Å². The molecule has 4 nitrogen and oxygen atoms in total. The first-order valence-electron chi connectivity index (χ1n) is 7.52. The second-order valence-electron chi connectivity index (χ2n) is 5.19. The predicted octanol–water partition coefficient (Wildman–Crippen LogP) is 3.99. The molecule has 1 aromatic carbocycles. The maximum Gasteiger partial charge on any atom is 0.252 e. The molecule has 1 atom stereocenters. The van der Waals surface area contributed by atoms with Crippen LogP contribution in [0.4, 0.5) is 0 Å². The summed E-state index contributed by atoms with van der Waals surface area (Å²) in [5.41, 5.74) is 1.14. The van der Waals surface area contributed by atoms with Gasteiger partial charge in [0.2, 0.25) is 0 Å². The van der Waals surface area contributed by atoms with Gasteiger partial charge in [0.15, 0.2) is 5.17 Å². The molecule has 0 radical (unpaired) electrons. The molecule has 5 heteroatoms. The van der Waals surface area contributed by atoms with Crippen LogP contribution in [0.2, 0.25) is 0 Å². The normalized spacial score (nSPS) is 18.0. The molecule has 0 N–H and O–H groups in total. The molecule has 23 heavy (non-hydrogen) atoms. The number of benzene rings is 1. The van der Waals surface area contributed by atoms with Crippen molar-refractivity contribution in [3.63, 3.8) is 0 Å². The lowest BCUT2D eigenvalue weighted by Crippen LogP contribution is -2.30. The van der Waals surface area contributed by atoms with Crippen LogP contribution in [-0.4, -0.2) is 28.3 Å². The minimum absolute atomic E-state index is 0.0288. The summed E-state index contributed by atoms with van der Waals surface area (Å²) < 4.78 is 5.20. The van der Waals surface area contributed by atoms with E-state index in [-0.39, 0.29) is 11.9 Å². The van der Waals surface area contributed by atoms with Crippen molar-refractivity contribution in [1.29, 1.82) is 0 Å². The zero-order chi connectivity index (χ0) is 16.1. The fourth-order valence-corrected chi connectivity index (χ4v) is 3.34. The highest BCUT2D eigenvalue weighted by Crippen LogP contribution is 2.24. The van der Waals surface area contributed by atoms with Gasteiger partial charge in [-0.3, -0.25) is 14.7 Å². The van der Waals surface area contributed by atoms with Crippen LogP contribution < -0.4 is 0 Å². The van der Waals surface area contributed by atoms with E-state index in [1.54, 1.807) is 35.1 Å². The zero-order valence-corrected chi connectivity index (χ0v) is 13.7. The van der Waals surface area contributed by atoms with Gasteiger partial charge in [-0.2, -0.15) is 0 Å². The highest BCUT2D eigenvalue weighted by atomic mass is 32.2. The van der Waals surface area contributed by atoms with E-state index in [9.17, 15) is 4.79 Å². The van der Waals surface area contributed by atoms with E-state index < -0.39 is 0 Å². The Morgan fingerprint density at radius 1 is 1.30 bits per heavy atom. The Labute approximate surface area is 139 Å². The molecule has 0 saturated carbocycles. The Kier molecular flexibility index (Phi) is 4.98. The third kappa shape index (κ3) is 3.93. The molecular formula is C18H18N2O2S. The molecule has 1 aromatic heterocycles. The number of nitrogens with zero attached hydrogens (tertiary/aromatic N) is 2. The molecule has 1 fully saturated rings. The van der Waals surface area contributed by atoms with Crippen molar-refractivity contribution in [3.05, 3.63) is 66.1 Å². The van der Waals surface area contributed by atoms with Crippen LogP contribution in [-0.2, 0) is 4.79 Å². The quantitative estimate of drug-likeness (QED) is 0.798. The maximum absolute atomic E-state index is 12.4. The first kappa shape index (κ1) is 15.6. The zero-order valence-electron chi connectivity index (χ0n) is 12.9. The van der Waals surface area contributed by atoms with E-state index in [2.05, 4.69) is 12.1 Å². The van der Waals surface area contributed by atoms with Crippen LogP contribution in [0, 0.1) is 0 Å². The Balaban J connectivity index is 1.72. The third-order valence-corrected chi connectivity index (χ3v) is 4.53. The Hall–Kier alpha value is -2.27. The summed E-state index contributed by atoms with van der Waals surface area (Å²) in [5, 5.41) is 0.787. The lowest BCUT2D eigenvalue weighted by Gasteiger charge is -2.15. The number of aliphatic imine (C=N–C) groups is 1. The molecule has 0 spiro atoms. The van der Waals surface area contributed by atoms with E-state index in [0.29, 0.717) is 12.3 Å². The summed E-state index contributed by atoms with van der Waals surface area (Å²) in [4.78, 5) is 18.8. The van der Waals surface area contributed by atoms with Crippen molar-refractivity contribution < 1.29 is 9.21 Å². The van der Waals surface area contributed by atoms with Crippen molar-refractivity contribution in [3.8, 4) is 0 Å². The smallest absolute Gasteiger partial charge is 0.252 e. The molecule has 1 amide bonds. The summed E-state index contributed by atoms with van der Waals surface area (Å²) >= 11 is 1.62. The van der Waals surface area contributed by atoms with Gasteiger partial charge in [0.25, 0.3) is 5.91 Å². The van der Waals surface area contributed by atoms with Crippen LogP contribution >= 0.6 is 11.8 Å². The number of rotatable bonds is 4. The molecule has 1 unspecified atom stereocenters. The molecular weight excluding hydrogens is 308 g/mol. The lowest BCUT2D eigenvalue weighted by molar-refractivity contribution is -0.121. The monoisotopic (exact) mass is 326 g/mol. The minimum atomic E-state index is -0.0644. The van der Waals surface area contributed by atoms with E-state index in [4.69, 9.17) is 9.41 Å². The summed E-state index contributed by atoms with van der Waals surface area (Å²) in [5.74, 6) is 1.48. The van der Waals surface area contributed by atoms with Gasteiger partial charge >= 0.3 is 0 Å². The number of carbonyl (C=O) groups excluding carboxylic acids is 1. The third-order valence-electron chi connectivity index (χ3n) is 3.56. The van der Waals surface area contributed by atoms with Crippen molar-refractivity contribution in [2.24, 2.45) is 4.99 Å². The fraction of sp³-hybridized carbons (Fsp3) is 0.222. The van der Waals surface area contributed by atoms with E-state index in [0.717, 1.165) is 16.5 Å². The average molecular weight is 326 g/mol. The first-order valence-corrected chi connectivity index (χ1v) is 8.51. The van der Waals surface area contributed by atoms with Crippen LogP contribution in [0.25, 0.3) is 6.08 Å². The molecule has 1 aliphatic rings.